The molecule has 6 heteroatoms. The van der Waals surface area contributed by atoms with Crippen LogP contribution in [-0.4, -0.2) is 17.6 Å². The van der Waals surface area contributed by atoms with Crippen molar-refractivity contribution >= 4 is 29.0 Å². The summed E-state index contributed by atoms with van der Waals surface area (Å²) in [6.07, 6.45) is 1.65. The van der Waals surface area contributed by atoms with Gasteiger partial charge in [0.05, 0.1) is 6.54 Å². The molecule has 0 saturated carbocycles. The Morgan fingerprint density at radius 1 is 1.69 bits per heavy atom. The zero-order valence-electron chi connectivity index (χ0n) is 7.13. The Balaban J connectivity index is 2.30. The monoisotopic (exact) mass is 219 g/mol. The van der Waals surface area contributed by atoms with Gasteiger partial charge in [-0.05, 0) is 6.92 Å². The van der Waals surface area contributed by atoms with Crippen molar-refractivity contribution in [3.8, 4) is 0 Å². The molecular weight excluding hydrogens is 210 g/mol. The highest BCUT2D eigenvalue weighted by atomic mass is 35.5. The highest BCUT2D eigenvalue weighted by Crippen LogP contribution is 2.16. The molecule has 0 atom stereocenters. The van der Waals surface area contributed by atoms with Gasteiger partial charge in [0, 0.05) is 17.6 Å². The highest BCUT2D eigenvalue weighted by molar-refractivity contribution is 7.15. The Bertz CT molecular complexity index is 289. The molecule has 1 rings (SSSR count). The zero-order chi connectivity index (χ0) is 9.68. The van der Waals surface area contributed by atoms with E-state index >= 15 is 0 Å². The molecule has 72 valence electrons. The summed E-state index contributed by atoms with van der Waals surface area (Å²) in [5.41, 5.74) is 0. The number of carbonyl (C=O) groups excluding carboxylic acids is 1. The van der Waals surface area contributed by atoms with Gasteiger partial charge < -0.3 is 10.6 Å². The van der Waals surface area contributed by atoms with Gasteiger partial charge in [-0.15, -0.1) is 11.3 Å². The van der Waals surface area contributed by atoms with Crippen molar-refractivity contribution in [1.82, 2.24) is 15.6 Å². The molecule has 2 amide bonds. The molecule has 4 nitrogen and oxygen atoms in total. The molecule has 0 radical (unpaired) electrons. The minimum atomic E-state index is -0.174. The summed E-state index contributed by atoms with van der Waals surface area (Å²) in [5, 5.41) is 5.30. The van der Waals surface area contributed by atoms with E-state index < -0.39 is 0 Å². The van der Waals surface area contributed by atoms with Crippen molar-refractivity contribution in [2.24, 2.45) is 0 Å². The van der Waals surface area contributed by atoms with Gasteiger partial charge in [-0.3, -0.25) is 0 Å². The summed E-state index contributed by atoms with van der Waals surface area (Å²) in [5.74, 6) is 0. The van der Waals surface area contributed by atoms with E-state index in [0.717, 1.165) is 4.88 Å². The Kier molecular flexibility index (Phi) is 3.98. The molecule has 0 spiro atoms. The van der Waals surface area contributed by atoms with Gasteiger partial charge in [-0.25, -0.2) is 9.78 Å². The van der Waals surface area contributed by atoms with Crippen molar-refractivity contribution in [2.45, 2.75) is 13.5 Å². The van der Waals surface area contributed by atoms with Gasteiger partial charge >= 0.3 is 6.03 Å². The molecule has 0 fully saturated rings. The summed E-state index contributed by atoms with van der Waals surface area (Å²) >= 11 is 6.98. The molecular formula is C7H10ClN3OS. The Morgan fingerprint density at radius 2 is 2.46 bits per heavy atom. The second kappa shape index (κ2) is 5.04. The predicted octanol–water partition coefficient (Wildman–Crippen LogP) is 1.62. The fourth-order valence-corrected chi connectivity index (χ4v) is 1.67. The first-order chi connectivity index (χ1) is 6.22. The third-order valence-electron chi connectivity index (χ3n) is 1.29. The highest BCUT2D eigenvalue weighted by Gasteiger charge is 2.01. The van der Waals surface area contributed by atoms with Gasteiger partial charge in [0.25, 0.3) is 0 Å². The lowest BCUT2D eigenvalue weighted by atomic mass is 10.5. The second-order valence-electron chi connectivity index (χ2n) is 2.29. The molecule has 0 aromatic carbocycles. The molecule has 0 aliphatic heterocycles. The number of nitrogens with one attached hydrogen (secondary N) is 2. The fourth-order valence-electron chi connectivity index (χ4n) is 0.756. The standard InChI is InChI=1S/C7H10ClN3OS/c1-2-9-7(12)11-4-5-3-10-6(8)13-5/h3H,2,4H2,1H3,(H2,9,11,12). The van der Waals surface area contributed by atoms with Gasteiger partial charge in [0.15, 0.2) is 4.47 Å². The molecule has 0 unspecified atom stereocenters. The number of carbonyl (C=O) groups is 1. The first kappa shape index (κ1) is 10.3. The summed E-state index contributed by atoms with van der Waals surface area (Å²) < 4.78 is 0.493. The predicted molar refractivity (Wildman–Crippen MR) is 53.0 cm³/mol. The maximum atomic E-state index is 11.0. The van der Waals surface area contributed by atoms with Crippen LogP contribution in [-0.2, 0) is 6.54 Å². The quantitative estimate of drug-likeness (QED) is 0.812. The normalized spacial score (nSPS) is 9.69. The van der Waals surface area contributed by atoms with Gasteiger partial charge in [-0.1, -0.05) is 11.6 Å². The Morgan fingerprint density at radius 3 is 3.00 bits per heavy atom. The average Bonchev–Trinajstić information content (AvgIpc) is 2.49. The van der Waals surface area contributed by atoms with Crippen LogP contribution in [0.2, 0.25) is 4.47 Å². The number of amides is 2. The molecule has 1 aromatic heterocycles. The van der Waals surface area contributed by atoms with E-state index in [0.29, 0.717) is 17.6 Å². The van der Waals surface area contributed by atoms with E-state index in [1.54, 1.807) is 6.20 Å². The molecule has 0 bridgehead atoms. The van der Waals surface area contributed by atoms with Gasteiger partial charge in [-0.2, -0.15) is 0 Å². The van der Waals surface area contributed by atoms with Crippen LogP contribution < -0.4 is 10.6 Å². The molecule has 0 saturated heterocycles. The van der Waals surface area contributed by atoms with E-state index in [1.807, 2.05) is 6.92 Å². The number of halogens is 1. The molecule has 0 aliphatic carbocycles. The number of nitrogens with zero attached hydrogens (tertiary/aromatic N) is 1. The lowest BCUT2D eigenvalue weighted by molar-refractivity contribution is 0.241. The lowest BCUT2D eigenvalue weighted by Crippen LogP contribution is -2.34. The molecule has 1 heterocycles. The number of hydrogen-bond acceptors (Lipinski definition) is 3. The third kappa shape index (κ3) is 3.61. The van der Waals surface area contributed by atoms with E-state index in [9.17, 15) is 4.79 Å². The summed E-state index contributed by atoms with van der Waals surface area (Å²) in [6, 6.07) is -0.174. The SMILES string of the molecule is CCNC(=O)NCc1cnc(Cl)s1. The minimum Gasteiger partial charge on any atom is -0.338 e. The van der Waals surface area contributed by atoms with Gasteiger partial charge in [0.1, 0.15) is 0 Å². The fraction of sp³-hybridized carbons (Fsp3) is 0.429. The topological polar surface area (TPSA) is 54.0 Å². The van der Waals surface area contributed by atoms with Crippen LogP contribution in [0.3, 0.4) is 0 Å². The second-order valence-corrected chi connectivity index (χ2v) is 3.99. The number of rotatable bonds is 3. The van der Waals surface area contributed by atoms with Crippen molar-refractivity contribution in [3.63, 3.8) is 0 Å². The third-order valence-corrected chi connectivity index (χ3v) is 2.40. The smallest absolute Gasteiger partial charge is 0.315 e. The first-order valence-corrected chi connectivity index (χ1v) is 5.03. The lowest BCUT2D eigenvalue weighted by Gasteiger charge is -2.02. The van der Waals surface area contributed by atoms with Crippen LogP contribution in [0.1, 0.15) is 11.8 Å². The van der Waals surface area contributed by atoms with Crippen LogP contribution in [0.15, 0.2) is 6.20 Å². The number of hydrogen-bond donors (Lipinski definition) is 2. The van der Waals surface area contributed by atoms with Crippen LogP contribution >= 0.6 is 22.9 Å². The van der Waals surface area contributed by atoms with E-state index in [-0.39, 0.29) is 6.03 Å². The number of urea groups is 1. The van der Waals surface area contributed by atoms with Crippen molar-refractivity contribution < 1.29 is 4.79 Å². The molecule has 2 N–H and O–H groups in total. The van der Waals surface area contributed by atoms with Crippen molar-refractivity contribution in [3.05, 3.63) is 15.5 Å². The molecule has 0 aliphatic rings. The summed E-state index contributed by atoms with van der Waals surface area (Å²) in [6.45, 7) is 2.95. The van der Waals surface area contributed by atoms with E-state index in [4.69, 9.17) is 11.6 Å². The molecule has 13 heavy (non-hydrogen) atoms. The first-order valence-electron chi connectivity index (χ1n) is 3.84. The maximum absolute atomic E-state index is 11.0. The molecule has 1 aromatic rings. The Hall–Kier alpha value is -0.810. The summed E-state index contributed by atoms with van der Waals surface area (Å²) in [7, 11) is 0. The number of aromatic nitrogens is 1. The van der Waals surface area contributed by atoms with E-state index in [2.05, 4.69) is 15.6 Å². The summed E-state index contributed by atoms with van der Waals surface area (Å²) in [4.78, 5) is 15.7. The van der Waals surface area contributed by atoms with Crippen LogP contribution in [0.5, 0.6) is 0 Å². The van der Waals surface area contributed by atoms with E-state index in [1.165, 1.54) is 11.3 Å². The van der Waals surface area contributed by atoms with Crippen LogP contribution in [0, 0.1) is 0 Å². The maximum Gasteiger partial charge on any atom is 0.315 e. The number of thiazole rings is 1. The zero-order valence-corrected chi connectivity index (χ0v) is 8.71. The van der Waals surface area contributed by atoms with Crippen LogP contribution in [0.25, 0.3) is 0 Å². The Labute approximate surface area is 85.3 Å². The van der Waals surface area contributed by atoms with Crippen molar-refractivity contribution in [1.29, 1.82) is 0 Å². The van der Waals surface area contributed by atoms with Crippen LogP contribution in [0.4, 0.5) is 4.79 Å². The average molecular weight is 220 g/mol. The van der Waals surface area contributed by atoms with Crippen molar-refractivity contribution in [2.75, 3.05) is 6.54 Å². The minimum absolute atomic E-state index is 0.174. The largest absolute Gasteiger partial charge is 0.338 e. The van der Waals surface area contributed by atoms with Gasteiger partial charge in [0.2, 0.25) is 0 Å².